The minimum atomic E-state index is -0.129. The predicted molar refractivity (Wildman–Crippen MR) is 106 cm³/mol. The smallest absolute Gasteiger partial charge is 0.152 e. The van der Waals surface area contributed by atoms with E-state index in [1.807, 2.05) is 73.0 Å². The summed E-state index contributed by atoms with van der Waals surface area (Å²) in [4.78, 5) is 11.7. The van der Waals surface area contributed by atoms with E-state index in [4.69, 9.17) is 4.99 Å². The monoisotopic (exact) mass is 403 g/mol. The number of benzene rings is 3. The molecule has 2 heterocycles. The van der Waals surface area contributed by atoms with Gasteiger partial charge in [0.1, 0.15) is 17.6 Å². The summed E-state index contributed by atoms with van der Waals surface area (Å²) in [6.45, 7) is 0. The molecule has 2 aliphatic rings. The molecule has 128 valence electrons. The van der Waals surface area contributed by atoms with Gasteiger partial charge in [0.05, 0.1) is 5.56 Å². The third kappa shape index (κ3) is 2.88. The Balaban J connectivity index is 0.00000180. The first-order valence-electron chi connectivity index (χ1n) is 8.66. The fraction of sp³-hybridized carbons (Fsp3) is 0.0909. The molecule has 2 atom stereocenters. The SMILES string of the molecule is Oc1ccc2ccccc2c1C1=NC2C=CC=NC2N1c1ccccc1.[Zn]. The van der Waals surface area contributed by atoms with E-state index in [2.05, 4.69) is 16.0 Å². The van der Waals surface area contributed by atoms with Crippen molar-refractivity contribution in [3.8, 4) is 5.75 Å². The van der Waals surface area contributed by atoms with Gasteiger partial charge in [-0.15, -0.1) is 0 Å². The maximum atomic E-state index is 10.7. The van der Waals surface area contributed by atoms with E-state index in [1.54, 1.807) is 6.07 Å². The molecule has 0 aromatic heterocycles. The van der Waals surface area contributed by atoms with E-state index < -0.39 is 0 Å². The number of hydrogen-bond acceptors (Lipinski definition) is 4. The van der Waals surface area contributed by atoms with Crippen LogP contribution in [0.3, 0.4) is 0 Å². The van der Waals surface area contributed by atoms with Crippen molar-refractivity contribution in [3.05, 3.63) is 84.4 Å². The fourth-order valence-electron chi connectivity index (χ4n) is 3.69. The zero-order valence-corrected chi connectivity index (χ0v) is 17.7. The molecule has 3 aromatic carbocycles. The van der Waals surface area contributed by atoms with Gasteiger partial charge >= 0.3 is 0 Å². The summed E-state index contributed by atoms with van der Waals surface area (Å²) in [6.07, 6.45) is 5.68. The van der Waals surface area contributed by atoms with Crippen molar-refractivity contribution in [3.63, 3.8) is 0 Å². The summed E-state index contributed by atoms with van der Waals surface area (Å²) in [6, 6.07) is 21.8. The van der Waals surface area contributed by atoms with Gasteiger partial charge in [-0.2, -0.15) is 0 Å². The molecule has 3 aromatic rings. The molecule has 2 aliphatic heterocycles. The van der Waals surface area contributed by atoms with E-state index in [9.17, 15) is 5.11 Å². The molecule has 0 saturated carbocycles. The molecule has 4 nitrogen and oxygen atoms in total. The zero-order valence-electron chi connectivity index (χ0n) is 14.7. The Kier molecular flexibility index (Phi) is 4.63. The van der Waals surface area contributed by atoms with E-state index >= 15 is 0 Å². The number of dihydropyridines is 1. The first-order chi connectivity index (χ1) is 12.8. The van der Waals surface area contributed by atoms with E-state index in [0.717, 1.165) is 27.9 Å². The van der Waals surface area contributed by atoms with Crippen LogP contribution in [0.15, 0.2) is 88.9 Å². The summed E-state index contributed by atoms with van der Waals surface area (Å²) in [5.74, 6) is 0.985. The Morgan fingerprint density at radius 3 is 2.52 bits per heavy atom. The summed E-state index contributed by atoms with van der Waals surface area (Å²) >= 11 is 0. The molecule has 5 heteroatoms. The molecule has 5 rings (SSSR count). The quantitative estimate of drug-likeness (QED) is 0.652. The van der Waals surface area contributed by atoms with Gasteiger partial charge in [0.2, 0.25) is 0 Å². The minimum absolute atomic E-state index is 0. The van der Waals surface area contributed by atoms with Crippen molar-refractivity contribution in [1.82, 2.24) is 0 Å². The molecule has 0 radical (unpaired) electrons. The molecule has 0 fully saturated rings. The minimum Gasteiger partial charge on any atom is -0.507 e. The number of phenols is 1. The van der Waals surface area contributed by atoms with Gasteiger partial charge < -0.3 is 10.0 Å². The van der Waals surface area contributed by atoms with Crippen molar-refractivity contribution in [2.45, 2.75) is 12.2 Å². The second-order valence-electron chi connectivity index (χ2n) is 6.43. The Morgan fingerprint density at radius 1 is 0.889 bits per heavy atom. The maximum absolute atomic E-state index is 10.7. The molecule has 1 N–H and O–H groups in total. The van der Waals surface area contributed by atoms with E-state index in [1.165, 1.54) is 0 Å². The Labute approximate surface area is 170 Å². The maximum Gasteiger partial charge on any atom is 0.152 e. The number of allylic oxidation sites excluding steroid dienone is 1. The van der Waals surface area contributed by atoms with Crippen LogP contribution in [0.4, 0.5) is 5.69 Å². The van der Waals surface area contributed by atoms with Crippen LogP contribution >= 0.6 is 0 Å². The average molecular weight is 405 g/mol. The number of phenolic OH excluding ortho intramolecular Hbond substituents is 1. The third-order valence-corrected chi connectivity index (χ3v) is 4.87. The summed E-state index contributed by atoms with van der Waals surface area (Å²) in [7, 11) is 0. The first-order valence-corrected chi connectivity index (χ1v) is 8.66. The van der Waals surface area contributed by atoms with Crippen molar-refractivity contribution < 1.29 is 24.6 Å². The second-order valence-corrected chi connectivity index (χ2v) is 6.43. The van der Waals surface area contributed by atoms with Crippen LogP contribution in [-0.2, 0) is 19.5 Å². The molecule has 0 saturated heterocycles. The number of aliphatic imine (C=N–C) groups is 2. The van der Waals surface area contributed by atoms with Crippen LogP contribution in [-0.4, -0.2) is 29.4 Å². The summed E-state index contributed by atoms with van der Waals surface area (Å²) < 4.78 is 0. The molecule has 0 amide bonds. The first kappa shape index (κ1) is 17.6. The molecular formula is C22H17N3OZn. The molecular weight excluding hydrogens is 388 g/mol. The standard InChI is InChI=1S/C22H17N3O.Zn/c26-19-13-12-15-7-4-5-10-17(15)20(19)22-24-18-11-6-14-23-21(18)25(22)16-8-2-1-3-9-16;/h1-14,18,21,26H;. The zero-order chi connectivity index (χ0) is 17.5. The number of anilines is 1. The van der Waals surface area contributed by atoms with Gasteiger partial charge in [0.25, 0.3) is 0 Å². The van der Waals surface area contributed by atoms with Gasteiger partial charge in [0, 0.05) is 31.4 Å². The number of nitrogens with zero attached hydrogens (tertiary/aromatic N) is 3. The Bertz CT molecular complexity index is 1080. The van der Waals surface area contributed by atoms with Gasteiger partial charge in [-0.1, -0.05) is 54.6 Å². The van der Waals surface area contributed by atoms with Crippen LogP contribution in [0, 0.1) is 0 Å². The van der Waals surface area contributed by atoms with E-state index in [0.29, 0.717) is 0 Å². The van der Waals surface area contributed by atoms with Crippen LogP contribution in [0.1, 0.15) is 5.56 Å². The number of hydrogen-bond donors (Lipinski definition) is 1. The van der Waals surface area contributed by atoms with Gasteiger partial charge in [-0.05, 0) is 35.0 Å². The molecule has 0 spiro atoms. The van der Waals surface area contributed by atoms with Gasteiger partial charge in [-0.25, -0.2) is 0 Å². The van der Waals surface area contributed by atoms with Crippen LogP contribution < -0.4 is 4.90 Å². The number of para-hydroxylation sites is 1. The fourth-order valence-corrected chi connectivity index (χ4v) is 3.69. The third-order valence-electron chi connectivity index (χ3n) is 4.87. The van der Waals surface area contributed by atoms with Crippen molar-refractivity contribution >= 4 is 28.5 Å². The Morgan fingerprint density at radius 2 is 1.67 bits per heavy atom. The second kappa shape index (κ2) is 7.09. The topological polar surface area (TPSA) is 48.2 Å². The van der Waals surface area contributed by atoms with Crippen molar-refractivity contribution in [2.75, 3.05) is 4.90 Å². The van der Waals surface area contributed by atoms with Crippen LogP contribution in [0.25, 0.3) is 10.8 Å². The number of amidine groups is 1. The number of rotatable bonds is 2. The number of fused-ring (bicyclic) bond motifs is 2. The molecule has 27 heavy (non-hydrogen) atoms. The normalized spacial score (nSPS) is 20.3. The summed E-state index contributed by atoms with van der Waals surface area (Å²) in [5.41, 5.74) is 1.77. The number of aromatic hydroxyl groups is 1. The van der Waals surface area contributed by atoms with Crippen LogP contribution in [0.2, 0.25) is 0 Å². The molecule has 2 unspecified atom stereocenters. The van der Waals surface area contributed by atoms with E-state index in [-0.39, 0.29) is 37.4 Å². The molecule has 0 aliphatic carbocycles. The predicted octanol–water partition coefficient (Wildman–Crippen LogP) is 4.15. The molecule has 0 bridgehead atoms. The van der Waals surface area contributed by atoms with Crippen molar-refractivity contribution in [1.29, 1.82) is 0 Å². The largest absolute Gasteiger partial charge is 0.507 e. The van der Waals surface area contributed by atoms with Crippen LogP contribution in [0.5, 0.6) is 5.75 Å². The van der Waals surface area contributed by atoms with Crippen molar-refractivity contribution in [2.24, 2.45) is 9.98 Å². The average Bonchev–Trinajstić information content (AvgIpc) is 3.07. The summed E-state index contributed by atoms with van der Waals surface area (Å²) in [5, 5.41) is 12.8. The Hall–Kier alpha value is -2.78. The van der Waals surface area contributed by atoms with Gasteiger partial charge in [0.15, 0.2) is 6.17 Å². The van der Waals surface area contributed by atoms with Gasteiger partial charge in [-0.3, -0.25) is 9.98 Å².